The molecule has 0 amide bonds. The van der Waals surface area contributed by atoms with Gasteiger partial charge < -0.3 is 10.6 Å². The van der Waals surface area contributed by atoms with Crippen LogP contribution in [0.3, 0.4) is 0 Å². The zero-order valence-corrected chi connectivity index (χ0v) is 15.7. The first-order valence-corrected chi connectivity index (χ1v) is 9.54. The summed E-state index contributed by atoms with van der Waals surface area (Å²) in [5.41, 5.74) is 6.34. The first kappa shape index (κ1) is 17.0. The number of nitrogens with zero attached hydrogens (tertiary/aromatic N) is 5. The number of aromatic nitrogens is 4. The maximum absolute atomic E-state index is 12.9. The fraction of sp³-hybridized carbons (Fsp3) is 0.471. The Kier molecular flexibility index (Phi) is 4.20. The third-order valence-corrected chi connectivity index (χ3v) is 5.82. The van der Waals surface area contributed by atoms with Crippen molar-refractivity contribution in [2.75, 3.05) is 18.0 Å². The third kappa shape index (κ3) is 2.67. The highest BCUT2D eigenvalue weighted by molar-refractivity contribution is 7.09. The second-order valence-corrected chi connectivity index (χ2v) is 7.84. The molecule has 1 aliphatic heterocycles. The zero-order chi connectivity index (χ0) is 18.4. The molecule has 26 heavy (non-hydrogen) atoms. The summed E-state index contributed by atoms with van der Waals surface area (Å²) >= 11 is 1.63. The van der Waals surface area contributed by atoms with Crippen molar-refractivity contribution < 1.29 is 0 Å². The molecule has 1 saturated heterocycles. The van der Waals surface area contributed by atoms with Crippen molar-refractivity contribution in [1.29, 1.82) is 0 Å². The monoisotopic (exact) mass is 374 g/mol. The predicted molar refractivity (Wildman–Crippen MR) is 103 cm³/mol. The quantitative estimate of drug-likeness (QED) is 0.720. The van der Waals surface area contributed by atoms with Crippen molar-refractivity contribution in [2.24, 2.45) is 19.8 Å². The van der Waals surface area contributed by atoms with Crippen LogP contribution in [0.2, 0.25) is 0 Å². The van der Waals surface area contributed by atoms with Gasteiger partial charge >= 0.3 is 5.69 Å². The van der Waals surface area contributed by atoms with Crippen LogP contribution in [-0.4, -0.2) is 37.8 Å². The maximum Gasteiger partial charge on any atom is 0.332 e. The van der Waals surface area contributed by atoms with Gasteiger partial charge in [-0.3, -0.25) is 18.5 Å². The summed E-state index contributed by atoms with van der Waals surface area (Å²) in [4.78, 5) is 33.1. The molecule has 138 valence electrons. The normalized spacial score (nSPS) is 18.0. The van der Waals surface area contributed by atoms with Crippen LogP contribution in [-0.2, 0) is 20.6 Å². The second kappa shape index (κ2) is 6.40. The Balaban J connectivity index is 1.97. The first-order chi connectivity index (χ1) is 12.5. The molecular weight excluding hydrogens is 352 g/mol. The number of anilines is 1. The number of thiophene rings is 1. The van der Waals surface area contributed by atoms with Gasteiger partial charge in [0.05, 0.1) is 6.54 Å². The summed E-state index contributed by atoms with van der Waals surface area (Å²) < 4.78 is 4.51. The first-order valence-electron chi connectivity index (χ1n) is 8.66. The smallest absolute Gasteiger partial charge is 0.332 e. The minimum absolute atomic E-state index is 0.0883. The van der Waals surface area contributed by atoms with Crippen molar-refractivity contribution >= 4 is 28.4 Å². The molecule has 0 radical (unpaired) electrons. The number of aryl methyl sites for hydroxylation is 1. The van der Waals surface area contributed by atoms with Crippen LogP contribution < -0.4 is 21.9 Å². The molecule has 8 nitrogen and oxygen atoms in total. The Hall–Kier alpha value is -2.39. The van der Waals surface area contributed by atoms with Crippen LogP contribution in [0.4, 0.5) is 5.95 Å². The summed E-state index contributed by atoms with van der Waals surface area (Å²) in [5.74, 6) is 0.710. The number of imidazole rings is 1. The van der Waals surface area contributed by atoms with E-state index in [1.54, 1.807) is 18.4 Å². The Morgan fingerprint density at radius 3 is 2.81 bits per heavy atom. The van der Waals surface area contributed by atoms with E-state index in [4.69, 9.17) is 10.7 Å². The van der Waals surface area contributed by atoms with Gasteiger partial charge in [0.15, 0.2) is 11.2 Å². The van der Waals surface area contributed by atoms with Gasteiger partial charge in [0.25, 0.3) is 5.56 Å². The Morgan fingerprint density at radius 1 is 1.31 bits per heavy atom. The van der Waals surface area contributed by atoms with Crippen molar-refractivity contribution in [2.45, 2.75) is 25.4 Å². The lowest BCUT2D eigenvalue weighted by Gasteiger charge is -2.31. The zero-order valence-electron chi connectivity index (χ0n) is 14.9. The fourth-order valence-corrected chi connectivity index (χ4v) is 4.27. The summed E-state index contributed by atoms with van der Waals surface area (Å²) in [7, 11) is 3.15. The van der Waals surface area contributed by atoms with Crippen molar-refractivity contribution in [1.82, 2.24) is 18.7 Å². The molecule has 9 heteroatoms. The topological polar surface area (TPSA) is 91.1 Å². The SMILES string of the molecule is Cn1c(=O)c2c(nc(N3CCC[C@@H](N)C3)n2Cc2cccs2)n(C)c1=O. The van der Waals surface area contributed by atoms with Gasteiger partial charge in [-0.05, 0) is 24.3 Å². The van der Waals surface area contributed by atoms with Crippen LogP contribution in [0, 0.1) is 0 Å². The summed E-state index contributed by atoms with van der Waals surface area (Å²) in [6.07, 6.45) is 1.97. The molecule has 4 heterocycles. The summed E-state index contributed by atoms with van der Waals surface area (Å²) in [6, 6.07) is 4.11. The molecule has 3 aromatic rings. The van der Waals surface area contributed by atoms with Crippen molar-refractivity contribution in [3.05, 3.63) is 43.2 Å². The number of piperidine rings is 1. The maximum atomic E-state index is 12.9. The van der Waals surface area contributed by atoms with Crippen LogP contribution in [0.15, 0.2) is 27.1 Å². The van der Waals surface area contributed by atoms with Gasteiger partial charge in [-0.1, -0.05) is 6.07 Å². The lowest BCUT2D eigenvalue weighted by atomic mass is 10.1. The van der Waals surface area contributed by atoms with Gasteiger partial charge in [-0.2, -0.15) is 4.98 Å². The van der Waals surface area contributed by atoms with E-state index in [-0.39, 0.29) is 17.3 Å². The molecule has 0 aliphatic carbocycles. The summed E-state index contributed by atoms with van der Waals surface area (Å²) in [5, 5.41) is 2.01. The van der Waals surface area contributed by atoms with Gasteiger partial charge in [0, 0.05) is 38.1 Å². The van der Waals surface area contributed by atoms with Crippen LogP contribution in [0.25, 0.3) is 11.2 Å². The highest BCUT2D eigenvalue weighted by Gasteiger charge is 2.26. The van der Waals surface area contributed by atoms with Gasteiger partial charge in [0.2, 0.25) is 5.95 Å². The van der Waals surface area contributed by atoms with Crippen LogP contribution >= 0.6 is 11.3 Å². The van der Waals surface area contributed by atoms with E-state index in [1.807, 2.05) is 22.1 Å². The van der Waals surface area contributed by atoms with E-state index in [9.17, 15) is 9.59 Å². The largest absolute Gasteiger partial charge is 0.341 e. The molecule has 1 atom stereocenters. The minimum atomic E-state index is -0.370. The van der Waals surface area contributed by atoms with E-state index in [0.717, 1.165) is 28.8 Å². The number of hydrogen-bond donors (Lipinski definition) is 1. The standard InChI is InChI=1S/C17H22N6O2S/c1-20-14-13(15(24)21(2)17(20)25)23(10-12-6-4-8-26-12)16(19-14)22-7-3-5-11(18)9-22/h4,6,8,11H,3,5,7,9-10,18H2,1-2H3/t11-/m1/s1. The number of rotatable bonds is 3. The van der Waals surface area contributed by atoms with Crippen LogP contribution in [0.5, 0.6) is 0 Å². The van der Waals surface area contributed by atoms with E-state index >= 15 is 0 Å². The summed E-state index contributed by atoms with van der Waals surface area (Å²) in [6.45, 7) is 2.08. The third-order valence-electron chi connectivity index (χ3n) is 4.96. The lowest BCUT2D eigenvalue weighted by Crippen LogP contribution is -2.44. The average Bonchev–Trinajstić information content (AvgIpc) is 3.26. The Bertz CT molecular complexity index is 1060. The highest BCUT2D eigenvalue weighted by Crippen LogP contribution is 2.25. The average molecular weight is 374 g/mol. The van der Waals surface area contributed by atoms with E-state index in [1.165, 1.54) is 11.6 Å². The van der Waals surface area contributed by atoms with Crippen molar-refractivity contribution in [3.8, 4) is 0 Å². The molecule has 0 saturated carbocycles. The fourth-order valence-electron chi connectivity index (χ4n) is 3.58. The molecule has 3 aromatic heterocycles. The molecular formula is C17H22N6O2S. The number of hydrogen-bond acceptors (Lipinski definition) is 6. The highest BCUT2D eigenvalue weighted by atomic mass is 32.1. The van der Waals surface area contributed by atoms with Crippen LogP contribution in [0.1, 0.15) is 17.7 Å². The molecule has 0 unspecified atom stereocenters. The van der Waals surface area contributed by atoms with Gasteiger partial charge in [-0.15, -0.1) is 11.3 Å². The van der Waals surface area contributed by atoms with Gasteiger partial charge in [0.1, 0.15) is 0 Å². The number of fused-ring (bicyclic) bond motifs is 1. The van der Waals surface area contributed by atoms with E-state index in [2.05, 4.69) is 4.90 Å². The Labute approximate surface area is 154 Å². The molecule has 0 bridgehead atoms. The molecule has 1 fully saturated rings. The molecule has 0 aromatic carbocycles. The Morgan fingerprint density at radius 2 is 2.12 bits per heavy atom. The molecule has 0 spiro atoms. The van der Waals surface area contributed by atoms with E-state index < -0.39 is 0 Å². The van der Waals surface area contributed by atoms with E-state index in [0.29, 0.717) is 30.2 Å². The minimum Gasteiger partial charge on any atom is -0.341 e. The van der Waals surface area contributed by atoms with Gasteiger partial charge in [-0.25, -0.2) is 4.79 Å². The predicted octanol–water partition coefficient (Wildman–Crippen LogP) is 0.471. The number of nitrogens with two attached hydrogens (primary N) is 1. The lowest BCUT2D eigenvalue weighted by molar-refractivity contribution is 0.495. The molecule has 4 rings (SSSR count). The molecule has 1 aliphatic rings. The second-order valence-electron chi connectivity index (χ2n) is 6.80. The van der Waals surface area contributed by atoms with Crippen molar-refractivity contribution in [3.63, 3.8) is 0 Å². The molecule has 2 N–H and O–H groups in total.